The molecule has 0 aliphatic carbocycles. The van der Waals surface area contributed by atoms with Crippen LogP contribution in [0.2, 0.25) is 0 Å². The lowest BCUT2D eigenvalue weighted by atomic mass is 10.2. The minimum Gasteiger partial charge on any atom is -0.320 e. The molecule has 106 valence electrons. The number of pyridine rings is 1. The average molecular weight is 283 g/mol. The molecule has 2 aromatic rings. The average Bonchev–Trinajstić information content (AvgIpc) is 2.49. The molecule has 0 radical (unpaired) electrons. The number of rotatable bonds is 2. The fourth-order valence-electron chi connectivity index (χ4n) is 1.68. The highest BCUT2D eigenvalue weighted by atomic mass is 19.1. The Morgan fingerprint density at radius 1 is 1.38 bits per heavy atom. The summed E-state index contributed by atoms with van der Waals surface area (Å²) < 4.78 is 13.6. The zero-order valence-electron chi connectivity index (χ0n) is 11.5. The molecule has 5 heteroatoms. The SMILES string of the molecule is Cc1ccc(F)c(NC(=O)c2ccc(C#CCN)cn2)c1. The molecule has 4 nitrogen and oxygen atoms in total. The molecule has 1 amide bonds. The molecule has 0 aliphatic rings. The number of carbonyl (C=O) groups is 1. The summed E-state index contributed by atoms with van der Waals surface area (Å²) >= 11 is 0. The number of nitrogens with two attached hydrogens (primary N) is 1. The number of carbonyl (C=O) groups excluding carboxylic acids is 1. The largest absolute Gasteiger partial charge is 0.320 e. The Labute approximate surface area is 122 Å². The molecule has 21 heavy (non-hydrogen) atoms. The smallest absolute Gasteiger partial charge is 0.274 e. The number of nitrogens with zero attached hydrogens (tertiary/aromatic N) is 1. The number of benzene rings is 1. The van der Waals surface area contributed by atoms with Crippen LogP contribution in [-0.2, 0) is 0 Å². The van der Waals surface area contributed by atoms with E-state index in [-0.39, 0.29) is 17.9 Å². The summed E-state index contributed by atoms with van der Waals surface area (Å²) in [5, 5.41) is 2.50. The zero-order valence-corrected chi connectivity index (χ0v) is 11.5. The van der Waals surface area contributed by atoms with Gasteiger partial charge in [-0.05, 0) is 36.8 Å². The van der Waals surface area contributed by atoms with Crippen molar-refractivity contribution >= 4 is 11.6 Å². The van der Waals surface area contributed by atoms with Crippen molar-refractivity contribution in [1.82, 2.24) is 4.98 Å². The number of hydrogen-bond donors (Lipinski definition) is 2. The molecule has 0 aliphatic heterocycles. The van der Waals surface area contributed by atoms with Crippen LogP contribution < -0.4 is 11.1 Å². The monoisotopic (exact) mass is 283 g/mol. The van der Waals surface area contributed by atoms with E-state index in [0.717, 1.165) is 5.56 Å². The minimum absolute atomic E-state index is 0.133. The van der Waals surface area contributed by atoms with Gasteiger partial charge in [-0.1, -0.05) is 17.9 Å². The first-order valence-corrected chi connectivity index (χ1v) is 6.32. The second-order valence-corrected chi connectivity index (χ2v) is 4.38. The summed E-state index contributed by atoms with van der Waals surface area (Å²) in [6.45, 7) is 2.08. The number of nitrogens with one attached hydrogen (secondary N) is 1. The van der Waals surface area contributed by atoms with Crippen molar-refractivity contribution in [3.05, 3.63) is 59.2 Å². The highest BCUT2D eigenvalue weighted by molar-refractivity contribution is 6.02. The van der Waals surface area contributed by atoms with E-state index in [1.54, 1.807) is 18.2 Å². The topological polar surface area (TPSA) is 68.0 Å². The minimum atomic E-state index is -0.487. The maximum atomic E-state index is 13.6. The van der Waals surface area contributed by atoms with E-state index in [1.807, 2.05) is 6.92 Å². The van der Waals surface area contributed by atoms with E-state index in [9.17, 15) is 9.18 Å². The van der Waals surface area contributed by atoms with Gasteiger partial charge in [-0.2, -0.15) is 0 Å². The summed E-state index contributed by atoms with van der Waals surface area (Å²) in [7, 11) is 0. The summed E-state index contributed by atoms with van der Waals surface area (Å²) in [4.78, 5) is 16.0. The Kier molecular flexibility index (Phi) is 4.64. The van der Waals surface area contributed by atoms with Gasteiger partial charge in [0.25, 0.3) is 5.91 Å². The van der Waals surface area contributed by atoms with Crippen molar-refractivity contribution in [1.29, 1.82) is 0 Å². The molecule has 3 N–H and O–H groups in total. The quantitative estimate of drug-likeness (QED) is 0.829. The van der Waals surface area contributed by atoms with Crippen molar-refractivity contribution in [2.75, 3.05) is 11.9 Å². The van der Waals surface area contributed by atoms with Gasteiger partial charge in [-0.3, -0.25) is 4.79 Å². The predicted octanol–water partition coefficient (Wildman–Crippen LogP) is 2.09. The molecule has 1 aromatic heterocycles. The van der Waals surface area contributed by atoms with E-state index < -0.39 is 11.7 Å². The second kappa shape index (κ2) is 6.64. The van der Waals surface area contributed by atoms with Crippen LogP contribution in [-0.4, -0.2) is 17.4 Å². The summed E-state index contributed by atoms with van der Waals surface area (Å²) in [5.41, 5.74) is 7.11. The van der Waals surface area contributed by atoms with E-state index in [1.165, 1.54) is 18.3 Å². The first kappa shape index (κ1) is 14.7. The van der Waals surface area contributed by atoms with Crippen LogP contribution in [0.5, 0.6) is 0 Å². The summed E-state index contributed by atoms with van der Waals surface area (Å²) in [6, 6.07) is 7.70. The standard InChI is InChI=1S/C16H14FN3O/c1-11-4-6-13(17)15(9-11)20-16(21)14-7-5-12(10-19-14)3-2-8-18/h4-7,9-10H,8,18H2,1H3,(H,20,21). The lowest BCUT2D eigenvalue weighted by molar-refractivity contribution is 0.102. The van der Waals surface area contributed by atoms with Crippen LogP contribution in [0.25, 0.3) is 0 Å². The summed E-state index contributed by atoms with van der Waals surface area (Å²) in [6.07, 6.45) is 1.48. The molecule has 0 spiro atoms. The maximum Gasteiger partial charge on any atom is 0.274 e. The Balaban J connectivity index is 2.15. The van der Waals surface area contributed by atoms with Crippen molar-refractivity contribution in [2.45, 2.75) is 6.92 Å². The van der Waals surface area contributed by atoms with E-state index in [2.05, 4.69) is 22.1 Å². The normalized spacial score (nSPS) is 9.67. The lowest BCUT2D eigenvalue weighted by Gasteiger charge is -2.06. The van der Waals surface area contributed by atoms with Crippen LogP contribution in [0.1, 0.15) is 21.6 Å². The number of hydrogen-bond acceptors (Lipinski definition) is 3. The number of anilines is 1. The maximum absolute atomic E-state index is 13.6. The third kappa shape index (κ3) is 3.88. The van der Waals surface area contributed by atoms with Gasteiger partial charge in [0, 0.05) is 11.8 Å². The number of aromatic nitrogens is 1. The molecule has 0 atom stereocenters. The predicted molar refractivity (Wildman–Crippen MR) is 79.3 cm³/mol. The molecule has 0 saturated carbocycles. The van der Waals surface area contributed by atoms with Crippen molar-refractivity contribution in [2.24, 2.45) is 5.73 Å². The van der Waals surface area contributed by atoms with Crippen LogP contribution in [0.15, 0.2) is 36.5 Å². The highest BCUT2D eigenvalue weighted by Crippen LogP contribution is 2.16. The van der Waals surface area contributed by atoms with Crippen LogP contribution in [0.3, 0.4) is 0 Å². The molecule has 2 rings (SSSR count). The fraction of sp³-hybridized carbons (Fsp3) is 0.125. The number of aryl methyl sites for hydroxylation is 1. The molecule has 0 unspecified atom stereocenters. The molecule has 1 heterocycles. The summed E-state index contributed by atoms with van der Waals surface area (Å²) in [5.74, 6) is 4.54. The van der Waals surface area contributed by atoms with Crippen molar-refractivity contribution in [3.8, 4) is 11.8 Å². The van der Waals surface area contributed by atoms with E-state index in [4.69, 9.17) is 5.73 Å². The Bertz CT molecular complexity index is 715. The first-order valence-electron chi connectivity index (χ1n) is 6.32. The van der Waals surface area contributed by atoms with Gasteiger partial charge in [0.1, 0.15) is 11.5 Å². The lowest BCUT2D eigenvalue weighted by Crippen LogP contribution is -2.14. The van der Waals surface area contributed by atoms with E-state index in [0.29, 0.717) is 5.56 Å². The van der Waals surface area contributed by atoms with Gasteiger partial charge < -0.3 is 11.1 Å². The van der Waals surface area contributed by atoms with Crippen LogP contribution in [0, 0.1) is 24.6 Å². The van der Waals surface area contributed by atoms with Gasteiger partial charge in [0.2, 0.25) is 0 Å². The Morgan fingerprint density at radius 3 is 2.86 bits per heavy atom. The molecule has 1 aromatic carbocycles. The molecular weight excluding hydrogens is 269 g/mol. The zero-order chi connectivity index (χ0) is 15.2. The Morgan fingerprint density at radius 2 is 2.19 bits per heavy atom. The Hall–Kier alpha value is -2.71. The third-order valence-corrected chi connectivity index (χ3v) is 2.70. The molecule has 0 saturated heterocycles. The highest BCUT2D eigenvalue weighted by Gasteiger charge is 2.10. The van der Waals surface area contributed by atoms with Crippen molar-refractivity contribution < 1.29 is 9.18 Å². The molecule has 0 fully saturated rings. The van der Waals surface area contributed by atoms with Gasteiger partial charge >= 0.3 is 0 Å². The van der Waals surface area contributed by atoms with Gasteiger partial charge in [-0.15, -0.1) is 0 Å². The van der Waals surface area contributed by atoms with Crippen LogP contribution in [0.4, 0.5) is 10.1 Å². The molecule has 0 bridgehead atoms. The number of amides is 1. The third-order valence-electron chi connectivity index (χ3n) is 2.70. The van der Waals surface area contributed by atoms with E-state index >= 15 is 0 Å². The molecular formula is C16H14FN3O. The second-order valence-electron chi connectivity index (χ2n) is 4.38. The first-order chi connectivity index (χ1) is 10.1. The van der Waals surface area contributed by atoms with Gasteiger partial charge in [0.05, 0.1) is 12.2 Å². The fourth-order valence-corrected chi connectivity index (χ4v) is 1.68. The number of halogens is 1. The van der Waals surface area contributed by atoms with Crippen LogP contribution >= 0.6 is 0 Å². The van der Waals surface area contributed by atoms with Gasteiger partial charge in [0.15, 0.2) is 0 Å². The van der Waals surface area contributed by atoms with Gasteiger partial charge in [-0.25, -0.2) is 9.37 Å². The van der Waals surface area contributed by atoms with Crippen molar-refractivity contribution in [3.63, 3.8) is 0 Å².